The summed E-state index contributed by atoms with van der Waals surface area (Å²) in [6, 6.07) is 11.1. The second kappa shape index (κ2) is 8.67. The van der Waals surface area contributed by atoms with Crippen LogP contribution in [0.2, 0.25) is 5.02 Å². The van der Waals surface area contributed by atoms with Gasteiger partial charge in [-0.25, -0.2) is 4.79 Å². The Balaban J connectivity index is 1.44. The highest BCUT2D eigenvalue weighted by Crippen LogP contribution is 2.38. The van der Waals surface area contributed by atoms with Crippen LogP contribution in [-0.4, -0.2) is 32.9 Å². The molecule has 0 atom stereocenters. The van der Waals surface area contributed by atoms with Crippen LogP contribution in [-0.2, 0) is 13.0 Å². The van der Waals surface area contributed by atoms with E-state index < -0.39 is 0 Å². The first-order valence-corrected chi connectivity index (χ1v) is 8.76. The summed E-state index contributed by atoms with van der Waals surface area (Å²) in [7, 11) is 1.62. The lowest BCUT2D eigenvalue weighted by molar-refractivity contribution is 0.171. The van der Waals surface area contributed by atoms with E-state index in [-0.39, 0.29) is 6.03 Å². The number of halogens is 1. The molecule has 2 aromatic carbocycles. The van der Waals surface area contributed by atoms with Crippen LogP contribution in [0.1, 0.15) is 11.1 Å². The van der Waals surface area contributed by atoms with E-state index in [1.165, 1.54) is 0 Å². The molecule has 0 spiro atoms. The van der Waals surface area contributed by atoms with E-state index in [1.54, 1.807) is 7.11 Å². The summed E-state index contributed by atoms with van der Waals surface area (Å²) in [4.78, 5) is 11.9. The zero-order valence-corrected chi connectivity index (χ0v) is 15.3. The van der Waals surface area contributed by atoms with Crippen LogP contribution >= 0.6 is 11.6 Å². The molecule has 0 fully saturated rings. The Labute approximate surface area is 157 Å². The van der Waals surface area contributed by atoms with Gasteiger partial charge in [0.1, 0.15) is 19.0 Å². The molecule has 2 N–H and O–H groups in total. The molecule has 0 unspecified atom stereocenters. The van der Waals surface area contributed by atoms with Gasteiger partial charge in [-0.1, -0.05) is 23.7 Å². The fourth-order valence-corrected chi connectivity index (χ4v) is 2.91. The quantitative estimate of drug-likeness (QED) is 0.812. The summed E-state index contributed by atoms with van der Waals surface area (Å²) >= 11 is 6.21. The smallest absolute Gasteiger partial charge is 0.315 e. The second-order valence-corrected chi connectivity index (χ2v) is 6.22. The minimum absolute atomic E-state index is 0.218. The molecule has 0 saturated heterocycles. The number of rotatable bonds is 6. The van der Waals surface area contributed by atoms with Crippen LogP contribution in [0, 0.1) is 0 Å². The van der Waals surface area contributed by atoms with E-state index in [4.69, 9.17) is 25.8 Å². The van der Waals surface area contributed by atoms with E-state index in [1.807, 2.05) is 36.4 Å². The molecule has 1 heterocycles. The summed E-state index contributed by atoms with van der Waals surface area (Å²) in [6.07, 6.45) is 0.645. The molecule has 3 rings (SSSR count). The van der Waals surface area contributed by atoms with Gasteiger partial charge in [-0.2, -0.15) is 0 Å². The molecule has 0 aromatic heterocycles. The van der Waals surface area contributed by atoms with Gasteiger partial charge in [0.2, 0.25) is 0 Å². The minimum Gasteiger partial charge on any atom is -0.497 e. The van der Waals surface area contributed by atoms with Crippen molar-refractivity contribution in [3.63, 3.8) is 0 Å². The maximum Gasteiger partial charge on any atom is 0.315 e. The first-order chi connectivity index (χ1) is 12.7. The van der Waals surface area contributed by atoms with Crippen molar-refractivity contribution in [1.29, 1.82) is 0 Å². The van der Waals surface area contributed by atoms with Gasteiger partial charge in [-0.15, -0.1) is 0 Å². The molecule has 138 valence electrons. The number of hydrogen-bond donors (Lipinski definition) is 2. The third-order valence-corrected chi connectivity index (χ3v) is 4.25. The number of hydrogen-bond acceptors (Lipinski definition) is 4. The van der Waals surface area contributed by atoms with Crippen LogP contribution in [0.4, 0.5) is 4.79 Å². The third-order valence-electron chi connectivity index (χ3n) is 3.97. The van der Waals surface area contributed by atoms with Gasteiger partial charge in [0.25, 0.3) is 0 Å². The Morgan fingerprint density at radius 1 is 1.12 bits per heavy atom. The molecule has 0 bridgehead atoms. The van der Waals surface area contributed by atoms with E-state index in [2.05, 4.69) is 10.6 Å². The molecule has 0 aliphatic carbocycles. The highest BCUT2D eigenvalue weighted by Gasteiger charge is 2.16. The Morgan fingerprint density at radius 2 is 1.88 bits per heavy atom. The predicted octanol–water partition coefficient (Wildman–Crippen LogP) is 3.16. The average molecular weight is 377 g/mol. The van der Waals surface area contributed by atoms with Crippen LogP contribution in [0.15, 0.2) is 36.4 Å². The zero-order valence-electron chi connectivity index (χ0n) is 14.5. The molecule has 1 aliphatic heterocycles. The van der Waals surface area contributed by atoms with E-state index >= 15 is 0 Å². The first kappa shape index (κ1) is 18.2. The Morgan fingerprint density at radius 3 is 2.65 bits per heavy atom. The normalized spacial score (nSPS) is 12.4. The molecule has 0 saturated carbocycles. The molecule has 2 amide bonds. The van der Waals surface area contributed by atoms with E-state index in [9.17, 15) is 4.79 Å². The van der Waals surface area contributed by atoms with Gasteiger partial charge in [0, 0.05) is 13.1 Å². The number of urea groups is 1. The molecule has 2 aromatic rings. The highest BCUT2D eigenvalue weighted by molar-refractivity contribution is 6.32. The van der Waals surface area contributed by atoms with Gasteiger partial charge >= 0.3 is 6.03 Å². The number of nitrogens with one attached hydrogen (secondary N) is 2. The Hall–Kier alpha value is -2.60. The van der Waals surface area contributed by atoms with Gasteiger partial charge in [-0.05, 0) is 41.8 Å². The number of methoxy groups -OCH3 is 1. The average Bonchev–Trinajstić information content (AvgIpc) is 2.67. The topological polar surface area (TPSA) is 68.8 Å². The Kier molecular flexibility index (Phi) is 6.07. The first-order valence-electron chi connectivity index (χ1n) is 8.38. The van der Waals surface area contributed by atoms with E-state index in [0.717, 1.165) is 16.9 Å². The number of carbonyl (C=O) groups excluding carboxylic acids is 1. The van der Waals surface area contributed by atoms with Crippen molar-refractivity contribution in [3.05, 3.63) is 52.5 Å². The summed E-state index contributed by atoms with van der Waals surface area (Å²) < 4.78 is 16.2. The number of fused-ring (bicyclic) bond motifs is 1. The molecule has 1 aliphatic rings. The van der Waals surface area contributed by atoms with Crippen molar-refractivity contribution in [2.24, 2.45) is 0 Å². The van der Waals surface area contributed by atoms with Gasteiger partial charge in [0.05, 0.1) is 12.1 Å². The van der Waals surface area contributed by atoms with Crippen molar-refractivity contribution in [1.82, 2.24) is 10.6 Å². The maximum absolute atomic E-state index is 11.9. The number of amides is 2. The van der Waals surface area contributed by atoms with Gasteiger partial charge in [-0.3, -0.25) is 0 Å². The third kappa shape index (κ3) is 4.73. The molecule has 0 radical (unpaired) electrons. The molecule has 26 heavy (non-hydrogen) atoms. The summed E-state index contributed by atoms with van der Waals surface area (Å²) in [6.45, 7) is 1.96. The second-order valence-electron chi connectivity index (χ2n) is 5.81. The van der Waals surface area contributed by atoms with Crippen LogP contribution in [0.3, 0.4) is 0 Å². The standard InChI is InChI=1S/C19H21ClN2O4/c1-24-15-4-2-13(3-5-15)12-22-19(23)21-7-6-14-10-16(20)18-17(11-14)25-8-9-26-18/h2-5,10-11H,6-9,12H2,1H3,(H2,21,22,23). The molecular formula is C19H21ClN2O4. The monoisotopic (exact) mass is 376 g/mol. The minimum atomic E-state index is -0.218. The largest absolute Gasteiger partial charge is 0.497 e. The lowest BCUT2D eigenvalue weighted by atomic mass is 10.1. The summed E-state index contributed by atoms with van der Waals surface area (Å²) in [5.74, 6) is 2.03. The zero-order chi connectivity index (χ0) is 18.4. The van der Waals surface area contributed by atoms with Crippen molar-refractivity contribution in [3.8, 4) is 17.2 Å². The molecule has 6 nitrogen and oxygen atoms in total. The SMILES string of the molecule is COc1ccc(CNC(=O)NCCc2cc(Cl)c3c(c2)OCCO3)cc1. The maximum atomic E-state index is 11.9. The van der Waals surface area contributed by atoms with Crippen molar-refractivity contribution >= 4 is 17.6 Å². The number of benzene rings is 2. The van der Waals surface area contributed by atoms with Crippen LogP contribution in [0.5, 0.6) is 17.2 Å². The van der Waals surface area contributed by atoms with Crippen molar-refractivity contribution < 1.29 is 19.0 Å². The lowest BCUT2D eigenvalue weighted by Gasteiger charge is -2.20. The van der Waals surface area contributed by atoms with Gasteiger partial charge in [0.15, 0.2) is 11.5 Å². The van der Waals surface area contributed by atoms with Crippen molar-refractivity contribution in [2.75, 3.05) is 26.9 Å². The molecule has 7 heteroatoms. The summed E-state index contributed by atoms with van der Waals surface area (Å²) in [5.41, 5.74) is 1.98. The fourth-order valence-electron chi connectivity index (χ4n) is 2.62. The van der Waals surface area contributed by atoms with Crippen LogP contribution < -0.4 is 24.8 Å². The Bertz CT molecular complexity index is 765. The number of carbonyl (C=O) groups is 1. The summed E-state index contributed by atoms with van der Waals surface area (Å²) in [5, 5.41) is 6.18. The van der Waals surface area contributed by atoms with Crippen LogP contribution in [0.25, 0.3) is 0 Å². The van der Waals surface area contributed by atoms with Gasteiger partial charge < -0.3 is 24.8 Å². The molecular weight excluding hydrogens is 356 g/mol. The highest BCUT2D eigenvalue weighted by atomic mass is 35.5. The number of ether oxygens (including phenoxy) is 3. The van der Waals surface area contributed by atoms with Crippen molar-refractivity contribution in [2.45, 2.75) is 13.0 Å². The predicted molar refractivity (Wildman–Crippen MR) is 99.4 cm³/mol. The fraction of sp³-hybridized carbons (Fsp3) is 0.316. The lowest BCUT2D eigenvalue weighted by Crippen LogP contribution is -2.36. The van der Waals surface area contributed by atoms with E-state index in [0.29, 0.717) is 49.2 Å².